The Balaban J connectivity index is 1.38. The maximum absolute atomic E-state index is 13.9. The topological polar surface area (TPSA) is 23.6 Å². The summed E-state index contributed by atoms with van der Waals surface area (Å²) in [6, 6.07) is 13.2. The molecule has 0 spiro atoms. The van der Waals surface area contributed by atoms with Crippen molar-refractivity contribution in [1.82, 2.24) is 4.90 Å². The van der Waals surface area contributed by atoms with Gasteiger partial charge in [0.25, 0.3) is 0 Å². The second-order valence-electron chi connectivity index (χ2n) is 7.50. The highest BCUT2D eigenvalue weighted by Crippen LogP contribution is 2.49. The number of benzene rings is 2. The summed E-state index contributed by atoms with van der Waals surface area (Å²) in [4.78, 5) is 17.1. The minimum Gasteiger partial charge on any atom is -0.368 e. The fourth-order valence-corrected chi connectivity index (χ4v) is 4.07. The molecule has 2 unspecified atom stereocenters. The second kappa shape index (κ2) is 6.75. The molecule has 0 radical (unpaired) electrons. The lowest BCUT2D eigenvalue weighted by Gasteiger charge is -2.37. The highest BCUT2D eigenvalue weighted by Gasteiger charge is 2.47. The molecule has 1 heterocycles. The van der Waals surface area contributed by atoms with Gasteiger partial charge >= 0.3 is 0 Å². The number of rotatable bonds is 3. The Hall–Kier alpha value is -2.36. The van der Waals surface area contributed by atoms with Gasteiger partial charge in [-0.1, -0.05) is 30.3 Å². The maximum atomic E-state index is 13.9. The normalized spacial score (nSPS) is 22.4. The minimum absolute atomic E-state index is 0.0424. The molecule has 0 aromatic heterocycles. The second-order valence-corrected chi connectivity index (χ2v) is 7.50. The van der Waals surface area contributed by atoms with Gasteiger partial charge in [0.05, 0.1) is 0 Å². The van der Waals surface area contributed by atoms with Crippen LogP contribution in [0.25, 0.3) is 0 Å². The van der Waals surface area contributed by atoms with E-state index < -0.39 is 0 Å². The van der Waals surface area contributed by atoms with Crippen molar-refractivity contribution in [2.24, 2.45) is 5.92 Å². The summed E-state index contributed by atoms with van der Waals surface area (Å²) in [5.74, 6) is 0.0197. The molecule has 1 saturated heterocycles. The monoisotopic (exact) mass is 352 g/mol. The summed E-state index contributed by atoms with van der Waals surface area (Å²) in [6.45, 7) is 7.49. The third-order valence-electron chi connectivity index (χ3n) is 5.92. The molecule has 0 N–H and O–H groups in total. The third-order valence-corrected chi connectivity index (χ3v) is 5.92. The Kier molecular flexibility index (Phi) is 4.43. The molecule has 26 heavy (non-hydrogen) atoms. The molecule has 4 heteroatoms. The first-order valence-corrected chi connectivity index (χ1v) is 9.40. The van der Waals surface area contributed by atoms with Gasteiger partial charge in [-0.15, -0.1) is 0 Å². The molecule has 4 rings (SSSR count). The van der Waals surface area contributed by atoms with Crippen molar-refractivity contribution in [1.29, 1.82) is 0 Å². The number of nitrogens with zero attached hydrogens (tertiary/aromatic N) is 2. The molecule has 2 atom stereocenters. The van der Waals surface area contributed by atoms with Crippen LogP contribution in [0.2, 0.25) is 0 Å². The smallest absolute Gasteiger partial charge is 0.226 e. The van der Waals surface area contributed by atoms with Crippen LogP contribution < -0.4 is 4.90 Å². The Labute approximate surface area is 154 Å². The number of carbonyl (C=O) groups is 1. The number of carbonyl (C=O) groups excluding carboxylic acids is 1. The van der Waals surface area contributed by atoms with Crippen LogP contribution in [0, 0.1) is 25.6 Å². The van der Waals surface area contributed by atoms with Crippen molar-refractivity contribution >= 4 is 11.6 Å². The molecule has 3 nitrogen and oxygen atoms in total. The number of anilines is 1. The van der Waals surface area contributed by atoms with Gasteiger partial charge in [0.1, 0.15) is 5.82 Å². The molecule has 2 aromatic carbocycles. The standard InChI is InChI=1S/C22H25FN2O/c1-15-6-5-9-21(16(15)2)24-10-12-25(13-11-24)22(26)19-14-18(19)17-7-3-4-8-20(17)23/h3-9,18-19H,10-14H2,1-2H3. The third kappa shape index (κ3) is 3.09. The molecule has 136 valence electrons. The van der Waals surface area contributed by atoms with Gasteiger partial charge in [-0.05, 0) is 55.0 Å². The van der Waals surface area contributed by atoms with Gasteiger partial charge < -0.3 is 9.80 Å². The van der Waals surface area contributed by atoms with E-state index in [9.17, 15) is 9.18 Å². The summed E-state index contributed by atoms with van der Waals surface area (Å²) in [6.07, 6.45) is 0.775. The predicted octanol–water partition coefficient (Wildman–Crippen LogP) is 3.89. The molecule has 2 aromatic rings. The molecular weight excluding hydrogens is 327 g/mol. The van der Waals surface area contributed by atoms with E-state index in [-0.39, 0.29) is 23.6 Å². The van der Waals surface area contributed by atoms with Gasteiger partial charge in [-0.25, -0.2) is 4.39 Å². The zero-order chi connectivity index (χ0) is 18.3. The van der Waals surface area contributed by atoms with Crippen LogP contribution in [0.4, 0.5) is 10.1 Å². The lowest BCUT2D eigenvalue weighted by molar-refractivity contribution is -0.132. The fourth-order valence-electron chi connectivity index (χ4n) is 4.07. The zero-order valence-corrected chi connectivity index (χ0v) is 15.4. The van der Waals surface area contributed by atoms with Crippen LogP contribution in [-0.4, -0.2) is 37.0 Å². The van der Waals surface area contributed by atoms with Crippen molar-refractivity contribution in [2.75, 3.05) is 31.1 Å². The van der Waals surface area contributed by atoms with Gasteiger partial charge in [-0.3, -0.25) is 4.79 Å². The van der Waals surface area contributed by atoms with Crippen LogP contribution in [0.1, 0.15) is 29.0 Å². The Morgan fingerprint density at radius 1 is 1.00 bits per heavy atom. The van der Waals surface area contributed by atoms with E-state index in [0.717, 1.165) is 32.6 Å². The van der Waals surface area contributed by atoms with Crippen molar-refractivity contribution in [3.05, 3.63) is 65.0 Å². The lowest BCUT2D eigenvalue weighted by Crippen LogP contribution is -2.49. The molecule has 1 aliphatic heterocycles. The SMILES string of the molecule is Cc1cccc(N2CCN(C(=O)C3CC3c3ccccc3F)CC2)c1C. The number of aryl methyl sites for hydroxylation is 1. The highest BCUT2D eigenvalue weighted by molar-refractivity contribution is 5.83. The molecule has 0 bridgehead atoms. The summed E-state index contributed by atoms with van der Waals surface area (Å²) < 4.78 is 13.9. The van der Waals surface area contributed by atoms with Crippen molar-refractivity contribution in [3.8, 4) is 0 Å². The van der Waals surface area contributed by atoms with E-state index in [1.165, 1.54) is 22.9 Å². The first-order valence-electron chi connectivity index (χ1n) is 9.40. The van der Waals surface area contributed by atoms with E-state index in [1.54, 1.807) is 6.07 Å². The average molecular weight is 352 g/mol. The fraction of sp³-hybridized carbons (Fsp3) is 0.409. The number of hydrogen-bond acceptors (Lipinski definition) is 2. The summed E-state index contributed by atoms with van der Waals surface area (Å²) >= 11 is 0. The molecule has 2 fully saturated rings. The van der Waals surface area contributed by atoms with Crippen molar-refractivity contribution in [3.63, 3.8) is 0 Å². The van der Waals surface area contributed by atoms with E-state index in [0.29, 0.717) is 5.56 Å². The van der Waals surface area contributed by atoms with Gasteiger partial charge in [-0.2, -0.15) is 0 Å². The molecular formula is C22H25FN2O. The van der Waals surface area contributed by atoms with E-state index in [2.05, 4.69) is 36.9 Å². The first-order chi connectivity index (χ1) is 12.6. The summed E-state index contributed by atoms with van der Waals surface area (Å²) in [5, 5.41) is 0. The molecule has 2 aliphatic rings. The number of piperazine rings is 1. The first kappa shape index (κ1) is 17.1. The summed E-state index contributed by atoms with van der Waals surface area (Å²) in [5.41, 5.74) is 4.58. The van der Waals surface area contributed by atoms with Gasteiger partial charge in [0, 0.05) is 37.8 Å². The van der Waals surface area contributed by atoms with E-state index >= 15 is 0 Å². The number of hydrogen-bond donors (Lipinski definition) is 0. The van der Waals surface area contributed by atoms with Crippen molar-refractivity contribution in [2.45, 2.75) is 26.2 Å². The van der Waals surface area contributed by atoms with Crippen LogP contribution in [0.15, 0.2) is 42.5 Å². The van der Waals surface area contributed by atoms with Crippen LogP contribution in [-0.2, 0) is 4.79 Å². The minimum atomic E-state index is -0.187. The van der Waals surface area contributed by atoms with E-state index in [4.69, 9.17) is 0 Å². The number of halogens is 1. The summed E-state index contributed by atoms with van der Waals surface area (Å²) in [7, 11) is 0. The molecule has 1 amide bonds. The zero-order valence-electron chi connectivity index (χ0n) is 15.4. The van der Waals surface area contributed by atoms with Gasteiger partial charge in [0.2, 0.25) is 5.91 Å². The van der Waals surface area contributed by atoms with Crippen LogP contribution in [0.3, 0.4) is 0 Å². The predicted molar refractivity (Wildman–Crippen MR) is 102 cm³/mol. The molecule has 1 aliphatic carbocycles. The van der Waals surface area contributed by atoms with Crippen LogP contribution in [0.5, 0.6) is 0 Å². The lowest BCUT2D eigenvalue weighted by atomic mass is 10.1. The van der Waals surface area contributed by atoms with Crippen molar-refractivity contribution < 1.29 is 9.18 Å². The molecule has 1 saturated carbocycles. The van der Waals surface area contributed by atoms with E-state index in [1.807, 2.05) is 17.0 Å². The number of amides is 1. The van der Waals surface area contributed by atoms with Gasteiger partial charge in [0.15, 0.2) is 0 Å². The largest absolute Gasteiger partial charge is 0.368 e. The Morgan fingerprint density at radius 3 is 2.46 bits per heavy atom. The maximum Gasteiger partial charge on any atom is 0.226 e. The highest BCUT2D eigenvalue weighted by atomic mass is 19.1. The average Bonchev–Trinajstić information content (AvgIpc) is 3.44. The quantitative estimate of drug-likeness (QED) is 0.837. The Morgan fingerprint density at radius 2 is 1.73 bits per heavy atom. The Bertz CT molecular complexity index is 827. The van der Waals surface area contributed by atoms with Crippen LogP contribution >= 0.6 is 0 Å².